The molecule has 0 atom stereocenters. The molecular formula is C9H8ClN3S. The molecular weight excluding hydrogens is 218 g/mol. The topological polar surface area (TPSA) is 41.7 Å². The van der Waals surface area contributed by atoms with Crippen LogP contribution in [0.15, 0.2) is 29.9 Å². The van der Waals surface area contributed by atoms with Crippen LogP contribution < -0.4 is 4.80 Å². The smallest absolute Gasteiger partial charge is 0.182 e. The van der Waals surface area contributed by atoms with Gasteiger partial charge in [0.25, 0.3) is 0 Å². The highest BCUT2D eigenvalue weighted by atomic mass is 35.5. The largest absolute Gasteiger partial charge is 0.320 e. The lowest BCUT2D eigenvalue weighted by atomic mass is 10.3. The van der Waals surface area contributed by atoms with Crippen molar-refractivity contribution in [3.63, 3.8) is 0 Å². The van der Waals surface area contributed by atoms with Crippen molar-refractivity contribution in [2.45, 2.75) is 6.54 Å². The van der Waals surface area contributed by atoms with Gasteiger partial charge in [0, 0.05) is 17.8 Å². The average Bonchev–Trinajstić information content (AvgIpc) is 2.56. The Morgan fingerprint density at radius 1 is 1.50 bits per heavy atom. The SMILES string of the molecule is N=c1sccn1Cc1ccc(Cl)nc1. The second-order valence-corrected chi connectivity index (χ2v) is 4.11. The third kappa shape index (κ3) is 2.02. The van der Waals surface area contributed by atoms with Crippen molar-refractivity contribution in [2.24, 2.45) is 0 Å². The summed E-state index contributed by atoms with van der Waals surface area (Å²) in [6.07, 6.45) is 3.62. The normalized spacial score (nSPS) is 10.4. The molecule has 72 valence electrons. The third-order valence-corrected chi connectivity index (χ3v) is 2.76. The first-order valence-corrected chi connectivity index (χ1v) is 5.30. The molecule has 2 rings (SSSR count). The fourth-order valence-electron chi connectivity index (χ4n) is 1.12. The summed E-state index contributed by atoms with van der Waals surface area (Å²) >= 11 is 7.08. The molecule has 0 aliphatic heterocycles. The summed E-state index contributed by atoms with van der Waals surface area (Å²) in [4.78, 5) is 4.53. The number of thiazole rings is 1. The van der Waals surface area contributed by atoms with Gasteiger partial charge in [-0.1, -0.05) is 17.7 Å². The highest BCUT2D eigenvalue weighted by molar-refractivity contribution is 7.06. The van der Waals surface area contributed by atoms with E-state index < -0.39 is 0 Å². The number of rotatable bonds is 2. The molecule has 14 heavy (non-hydrogen) atoms. The standard InChI is InChI=1S/C9H8ClN3S/c10-8-2-1-7(5-12-8)6-13-3-4-14-9(13)11/h1-5,11H,6H2. The van der Waals surface area contributed by atoms with Crippen LogP contribution in [0.5, 0.6) is 0 Å². The minimum Gasteiger partial charge on any atom is -0.320 e. The van der Waals surface area contributed by atoms with Gasteiger partial charge in [0.05, 0.1) is 6.54 Å². The van der Waals surface area contributed by atoms with E-state index in [1.807, 2.05) is 22.2 Å². The van der Waals surface area contributed by atoms with Crippen LogP contribution in [0.2, 0.25) is 5.15 Å². The lowest BCUT2D eigenvalue weighted by Gasteiger charge is -2.01. The van der Waals surface area contributed by atoms with Crippen LogP contribution in [-0.2, 0) is 6.54 Å². The lowest BCUT2D eigenvalue weighted by molar-refractivity contribution is 0.756. The van der Waals surface area contributed by atoms with Crippen LogP contribution in [0.25, 0.3) is 0 Å². The van der Waals surface area contributed by atoms with Crippen LogP contribution in [0.4, 0.5) is 0 Å². The second-order valence-electron chi connectivity index (χ2n) is 2.83. The van der Waals surface area contributed by atoms with Gasteiger partial charge < -0.3 is 4.57 Å². The van der Waals surface area contributed by atoms with Crippen LogP contribution in [0.1, 0.15) is 5.56 Å². The minimum atomic E-state index is 0.496. The van der Waals surface area contributed by atoms with Gasteiger partial charge in [0.1, 0.15) is 5.15 Å². The number of halogens is 1. The molecule has 0 fully saturated rings. The monoisotopic (exact) mass is 225 g/mol. The summed E-state index contributed by atoms with van der Waals surface area (Å²) in [5.41, 5.74) is 1.05. The Morgan fingerprint density at radius 3 is 2.93 bits per heavy atom. The highest BCUT2D eigenvalue weighted by Gasteiger charge is 1.97. The number of nitrogens with zero attached hydrogens (tertiary/aromatic N) is 2. The Balaban J connectivity index is 2.23. The number of aromatic nitrogens is 2. The van der Waals surface area contributed by atoms with Gasteiger partial charge in [-0.3, -0.25) is 5.41 Å². The number of nitrogens with one attached hydrogen (secondary N) is 1. The molecule has 0 saturated carbocycles. The maximum Gasteiger partial charge on any atom is 0.182 e. The van der Waals surface area contributed by atoms with Crippen LogP contribution >= 0.6 is 22.9 Å². The van der Waals surface area contributed by atoms with Gasteiger partial charge in [-0.2, -0.15) is 0 Å². The molecule has 0 amide bonds. The van der Waals surface area contributed by atoms with Crippen molar-refractivity contribution < 1.29 is 0 Å². The maximum atomic E-state index is 7.58. The van der Waals surface area contributed by atoms with Crippen molar-refractivity contribution in [3.05, 3.63) is 45.4 Å². The molecule has 0 bridgehead atoms. The predicted molar refractivity (Wildman–Crippen MR) is 56.5 cm³/mol. The number of hydrogen-bond acceptors (Lipinski definition) is 3. The van der Waals surface area contributed by atoms with E-state index in [4.69, 9.17) is 17.0 Å². The number of pyridine rings is 1. The first kappa shape index (κ1) is 9.43. The average molecular weight is 226 g/mol. The summed E-state index contributed by atoms with van der Waals surface area (Å²) in [7, 11) is 0. The molecule has 3 nitrogen and oxygen atoms in total. The first-order valence-electron chi connectivity index (χ1n) is 4.04. The van der Waals surface area contributed by atoms with E-state index >= 15 is 0 Å². The summed E-state index contributed by atoms with van der Waals surface area (Å²) in [5, 5.41) is 9.97. The van der Waals surface area contributed by atoms with E-state index in [0.29, 0.717) is 16.5 Å². The van der Waals surface area contributed by atoms with Crippen molar-refractivity contribution in [3.8, 4) is 0 Å². The zero-order valence-electron chi connectivity index (χ0n) is 7.27. The van der Waals surface area contributed by atoms with Gasteiger partial charge in [0.15, 0.2) is 4.80 Å². The lowest BCUT2D eigenvalue weighted by Crippen LogP contribution is -2.12. The van der Waals surface area contributed by atoms with Gasteiger partial charge in [0.2, 0.25) is 0 Å². The molecule has 2 aromatic rings. The fraction of sp³-hybridized carbons (Fsp3) is 0.111. The summed E-state index contributed by atoms with van der Waals surface area (Å²) in [6, 6.07) is 3.67. The van der Waals surface area contributed by atoms with Gasteiger partial charge in [-0.25, -0.2) is 4.98 Å². The fourth-order valence-corrected chi connectivity index (χ4v) is 1.83. The zero-order chi connectivity index (χ0) is 9.97. The van der Waals surface area contributed by atoms with Gasteiger partial charge in [-0.15, -0.1) is 11.3 Å². The van der Waals surface area contributed by atoms with Crippen molar-refractivity contribution in [1.29, 1.82) is 5.41 Å². The molecule has 0 aliphatic carbocycles. The van der Waals surface area contributed by atoms with E-state index in [-0.39, 0.29) is 0 Å². The molecule has 5 heteroatoms. The highest BCUT2D eigenvalue weighted by Crippen LogP contribution is 2.06. The Labute approximate surface area is 90.1 Å². The second kappa shape index (κ2) is 3.94. The Kier molecular flexibility index (Phi) is 2.65. The summed E-state index contributed by atoms with van der Waals surface area (Å²) in [6.45, 7) is 0.673. The van der Waals surface area contributed by atoms with Crippen molar-refractivity contribution in [2.75, 3.05) is 0 Å². The van der Waals surface area contributed by atoms with Crippen LogP contribution in [-0.4, -0.2) is 9.55 Å². The molecule has 0 saturated heterocycles. The minimum absolute atomic E-state index is 0.496. The van der Waals surface area contributed by atoms with E-state index in [9.17, 15) is 0 Å². The third-order valence-electron chi connectivity index (χ3n) is 1.82. The Morgan fingerprint density at radius 2 is 2.36 bits per heavy atom. The molecule has 0 radical (unpaired) electrons. The van der Waals surface area contributed by atoms with Crippen molar-refractivity contribution in [1.82, 2.24) is 9.55 Å². The first-order chi connectivity index (χ1) is 6.75. The molecule has 0 aliphatic rings. The van der Waals surface area contributed by atoms with E-state index in [1.54, 1.807) is 12.3 Å². The Hall–Kier alpha value is -1.13. The molecule has 2 heterocycles. The molecule has 0 unspecified atom stereocenters. The molecule has 1 N–H and O–H groups in total. The van der Waals surface area contributed by atoms with Crippen molar-refractivity contribution >= 4 is 22.9 Å². The zero-order valence-corrected chi connectivity index (χ0v) is 8.85. The molecule has 0 aromatic carbocycles. The van der Waals surface area contributed by atoms with Gasteiger partial charge >= 0.3 is 0 Å². The number of hydrogen-bond donors (Lipinski definition) is 1. The summed E-state index contributed by atoms with van der Waals surface area (Å²) < 4.78 is 1.86. The van der Waals surface area contributed by atoms with Crippen LogP contribution in [0, 0.1) is 5.41 Å². The predicted octanol–water partition coefficient (Wildman–Crippen LogP) is 2.13. The van der Waals surface area contributed by atoms with Gasteiger partial charge in [-0.05, 0) is 11.6 Å². The Bertz CT molecular complexity index is 471. The molecule has 2 aromatic heterocycles. The van der Waals surface area contributed by atoms with Crippen LogP contribution in [0.3, 0.4) is 0 Å². The quantitative estimate of drug-likeness (QED) is 0.782. The van der Waals surface area contributed by atoms with E-state index in [0.717, 1.165) is 5.56 Å². The van der Waals surface area contributed by atoms with E-state index in [1.165, 1.54) is 11.3 Å². The molecule has 0 spiro atoms. The summed E-state index contributed by atoms with van der Waals surface area (Å²) in [5.74, 6) is 0. The van der Waals surface area contributed by atoms with E-state index in [2.05, 4.69) is 4.98 Å². The maximum absolute atomic E-state index is 7.58.